The normalized spacial score (nSPS) is 18.2. The summed E-state index contributed by atoms with van der Waals surface area (Å²) in [7, 11) is -2.17. The second-order valence-electron chi connectivity index (χ2n) is 13.9. The molecule has 0 saturated heterocycles. The molecule has 0 spiro atoms. The van der Waals surface area contributed by atoms with Crippen LogP contribution in [0.4, 0.5) is 14.9 Å². The topological polar surface area (TPSA) is 127 Å². The minimum atomic E-state index is -3.72. The van der Waals surface area contributed by atoms with Crippen LogP contribution < -0.4 is 19.7 Å². The van der Waals surface area contributed by atoms with Crippen molar-refractivity contribution in [1.82, 2.24) is 10.6 Å². The Morgan fingerprint density at radius 2 is 1.53 bits per heavy atom. The molecule has 2 saturated carbocycles. The van der Waals surface area contributed by atoms with Crippen LogP contribution in [0.2, 0.25) is 0 Å². The van der Waals surface area contributed by atoms with Gasteiger partial charge in [0.05, 0.1) is 17.5 Å². The molecule has 2 aliphatic rings. The van der Waals surface area contributed by atoms with Gasteiger partial charge in [-0.15, -0.1) is 0 Å². The van der Waals surface area contributed by atoms with Crippen LogP contribution in [0.1, 0.15) is 81.1 Å². The van der Waals surface area contributed by atoms with Gasteiger partial charge in [-0.25, -0.2) is 17.6 Å². The largest absolute Gasteiger partial charge is 0.457 e. The molecule has 0 atom stereocenters. The first-order chi connectivity index (χ1) is 23.2. The first kappa shape index (κ1) is 34.3. The van der Waals surface area contributed by atoms with E-state index in [1.165, 1.54) is 34.8 Å². The first-order valence-corrected chi connectivity index (χ1v) is 18.4. The number of carbonyl (C=O) groups is 2. The van der Waals surface area contributed by atoms with E-state index in [2.05, 4.69) is 10.6 Å². The number of sulfonamides is 1. The molecule has 6 rings (SSSR count). The smallest absolute Gasteiger partial charge is 0.407 e. The molecule has 0 unspecified atom stereocenters. The number of nitrogens with one attached hydrogen (secondary N) is 2. The zero-order valence-electron chi connectivity index (χ0n) is 28.3. The molecule has 2 aliphatic carbocycles. The molecule has 0 radical (unpaired) electrons. The number of amides is 2. The van der Waals surface area contributed by atoms with Gasteiger partial charge in [0, 0.05) is 36.1 Å². The number of fused-ring (bicyclic) bond motifs is 1. The Morgan fingerprint density at radius 3 is 2.08 bits per heavy atom. The SMILES string of the molecule is CNC(=O)c1c(-c2ccc(Oc3ccc(F)cc3)cc2)oc2cc(N(C3CCC(NC(=O)OC(C)(C)C)CC3)S(C)(=O)=O)c(C3CC3)cc12. The van der Waals surface area contributed by atoms with Crippen molar-refractivity contribution in [3.8, 4) is 22.8 Å². The maximum Gasteiger partial charge on any atom is 0.407 e. The van der Waals surface area contributed by atoms with Gasteiger partial charge in [0.2, 0.25) is 10.0 Å². The number of ether oxygens (including phenoxy) is 2. The molecule has 2 amide bonds. The molecule has 1 heterocycles. The van der Waals surface area contributed by atoms with E-state index in [1.807, 2.05) is 26.8 Å². The lowest BCUT2D eigenvalue weighted by molar-refractivity contribution is 0.0491. The molecular weight excluding hydrogens is 649 g/mol. The van der Waals surface area contributed by atoms with E-state index < -0.39 is 21.7 Å². The van der Waals surface area contributed by atoms with Gasteiger partial charge >= 0.3 is 6.09 Å². The predicted molar refractivity (Wildman–Crippen MR) is 186 cm³/mol. The van der Waals surface area contributed by atoms with E-state index in [-0.39, 0.29) is 29.7 Å². The Hall–Kier alpha value is -4.58. The minimum absolute atomic E-state index is 0.117. The van der Waals surface area contributed by atoms with Crippen LogP contribution in [0.3, 0.4) is 0 Å². The molecule has 10 nitrogen and oxygen atoms in total. The Morgan fingerprint density at radius 1 is 0.918 bits per heavy atom. The molecule has 0 bridgehead atoms. The van der Waals surface area contributed by atoms with E-state index in [4.69, 9.17) is 13.9 Å². The van der Waals surface area contributed by atoms with Crippen molar-refractivity contribution in [3.05, 3.63) is 77.6 Å². The van der Waals surface area contributed by atoms with Gasteiger partial charge < -0.3 is 24.5 Å². The van der Waals surface area contributed by atoms with Crippen LogP contribution >= 0.6 is 0 Å². The summed E-state index contributed by atoms with van der Waals surface area (Å²) in [5.41, 5.74) is 2.21. The van der Waals surface area contributed by atoms with Crippen molar-refractivity contribution in [2.75, 3.05) is 17.6 Å². The molecule has 2 N–H and O–H groups in total. The van der Waals surface area contributed by atoms with E-state index >= 15 is 0 Å². The van der Waals surface area contributed by atoms with E-state index in [1.54, 1.807) is 37.4 Å². The molecular formula is C37H42FN3O7S. The fraction of sp³-hybridized carbons (Fsp3) is 0.405. The third-order valence-electron chi connectivity index (χ3n) is 8.82. The average molecular weight is 692 g/mol. The van der Waals surface area contributed by atoms with Gasteiger partial charge in [0.1, 0.15) is 34.3 Å². The quantitative estimate of drug-likeness (QED) is 0.183. The van der Waals surface area contributed by atoms with Crippen LogP contribution in [-0.2, 0) is 14.8 Å². The summed E-state index contributed by atoms with van der Waals surface area (Å²) in [5, 5.41) is 6.26. The lowest BCUT2D eigenvalue weighted by Gasteiger charge is -2.38. The molecule has 12 heteroatoms. The standard InChI is InChI=1S/C37H42FN3O7S/c1-37(2,3)48-36(43)40-25-12-14-26(15-13-25)41(49(5,44)45)31-21-32-30(20-29(31)22-6-7-22)33(35(42)39-4)34(47-32)23-8-16-27(17-9-23)46-28-18-10-24(38)11-19-28/h8-11,16-22,25-26H,6-7,12-15H2,1-5H3,(H,39,42)(H,40,43). The second kappa shape index (κ2) is 13.4. The van der Waals surface area contributed by atoms with Crippen molar-refractivity contribution >= 4 is 38.7 Å². The highest BCUT2D eigenvalue weighted by Crippen LogP contribution is 2.49. The van der Waals surface area contributed by atoms with Crippen molar-refractivity contribution in [2.45, 2.75) is 82.9 Å². The van der Waals surface area contributed by atoms with E-state index in [9.17, 15) is 22.4 Å². The number of furan rings is 1. The molecule has 4 aromatic rings. The Kier molecular flexibility index (Phi) is 9.36. The molecule has 2 fully saturated rings. The summed E-state index contributed by atoms with van der Waals surface area (Å²) in [6, 6.07) is 16.0. The van der Waals surface area contributed by atoms with Crippen LogP contribution in [0.15, 0.2) is 65.1 Å². The van der Waals surface area contributed by atoms with E-state index in [0.717, 1.165) is 18.4 Å². The number of rotatable bonds is 9. The highest BCUT2D eigenvalue weighted by Gasteiger charge is 2.37. The van der Waals surface area contributed by atoms with Crippen LogP contribution in [0.25, 0.3) is 22.3 Å². The third kappa shape index (κ3) is 7.85. The first-order valence-electron chi connectivity index (χ1n) is 16.6. The number of carbonyl (C=O) groups excluding carboxylic acids is 2. The fourth-order valence-electron chi connectivity index (χ4n) is 6.50. The molecule has 49 heavy (non-hydrogen) atoms. The van der Waals surface area contributed by atoms with Gasteiger partial charge in [-0.3, -0.25) is 9.10 Å². The van der Waals surface area contributed by atoms with Gasteiger partial charge in [0.25, 0.3) is 5.91 Å². The minimum Gasteiger partial charge on any atom is -0.457 e. The van der Waals surface area contributed by atoms with Gasteiger partial charge in [-0.2, -0.15) is 0 Å². The van der Waals surface area contributed by atoms with Crippen molar-refractivity contribution in [3.63, 3.8) is 0 Å². The fourth-order valence-corrected chi connectivity index (χ4v) is 7.77. The Labute approximate surface area is 286 Å². The predicted octanol–water partition coefficient (Wildman–Crippen LogP) is 7.87. The number of benzene rings is 3. The van der Waals surface area contributed by atoms with Gasteiger partial charge in [0.15, 0.2) is 0 Å². The Balaban J connectivity index is 1.33. The maximum atomic E-state index is 13.5. The zero-order chi connectivity index (χ0) is 35.1. The summed E-state index contributed by atoms with van der Waals surface area (Å²) < 4.78 is 59.5. The monoisotopic (exact) mass is 691 g/mol. The number of anilines is 1. The summed E-state index contributed by atoms with van der Waals surface area (Å²) >= 11 is 0. The number of halogens is 1. The number of hydrogen-bond donors (Lipinski definition) is 2. The van der Waals surface area contributed by atoms with Crippen molar-refractivity contribution < 1.29 is 36.3 Å². The highest BCUT2D eigenvalue weighted by atomic mass is 32.2. The number of hydrogen-bond acceptors (Lipinski definition) is 7. The van der Waals surface area contributed by atoms with Crippen LogP contribution in [0.5, 0.6) is 11.5 Å². The number of nitrogens with zero attached hydrogens (tertiary/aromatic N) is 1. The zero-order valence-corrected chi connectivity index (χ0v) is 29.2. The summed E-state index contributed by atoms with van der Waals surface area (Å²) in [4.78, 5) is 25.7. The molecule has 0 aliphatic heterocycles. The summed E-state index contributed by atoms with van der Waals surface area (Å²) in [6.45, 7) is 5.43. The van der Waals surface area contributed by atoms with Gasteiger partial charge in [-0.1, -0.05) is 0 Å². The van der Waals surface area contributed by atoms with Gasteiger partial charge in [-0.05, 0) is 125 Å². The van der Waals surface area contributed by atoms with Crippen LogP contribution in [-0.4, -0.2) is 51.4 Å². The van der Waals surface area contributed by atoms with Crippen molar-refractivity contribution in [2.24, 2.45) is 0 Å². The maximum absolute atomic E-state index is 13.5. The molecule has 3 aromatic carbocycles. The molecule has 260 valence electrons. The van der Waals surface area contributed by atoms with Crippen LogP contribution in [0, 0.1) is 5.82 Å². The third-order valence-corrected chi connectivity index (χ3v) is 10.0. The molecule has 1 aromatic heterocycles. The van der Waals surface area contributed by atoms with Crippen molar-refractivity contribution in [1.29, 1.82) is 0 Å². The summed E-state index contributed by atoms with van der Waals surface area (Å²) in [5.74, 6) is 0.819. The highest BCUT2D eigenvalue weighted by molar-refractivity contribution is 7.92. The number of alkyl carbamates (subject to hydrolysis) is 1. The average Bonchev–Trinajstić information content (AvgIpc) is 3.81. The summed E-state index contributed by atoms with van der Waals surface area (Å²) in [6.07, 6.45) is 4.87. The van der Waals surface area contributed by atoms with E-state index in [0.29, 0.717) is 70.7 Å². The lowest BCUT2D eigenvalue weighted by atomic mass is 9.90. The lowest BCUT2D eigenvalue weighted by Crippen LogP contribution is -2.47. The second-order valence-corrected chi connectivity index (χ2v) is 15.7. The Bertz CT molecular complexity index is 1960.